The molecular formula is C21H27N3O2S. The molecule has 5 nitrogen and oxygen atoms in total. The molecule has 3 heterocycles. The minimum absolute atomic E-state index is 0.209. The zero-order valence-corrected chi connectivity index (χ0v) is 16.7. The average molecular weight is 386 g/mol. The van der Waals surface area contributed by atoms with Crippen LogP contribution in [0.25, 0.3) is 10.6 Å². The first-order valence-corrected chi connectivity index (χ1v) is 10.8. The van der Waals surface area contributed by atoms with Crippen LogP contribution in [0.3, 0.4) is 0 Å². The summed E-state index contributed by atoms with van der Waals surface area (Å²) in [4.78, 5) is 22.0. The molecule has 4 rings (SSSR count). The minimum Gasteiger partial charge on any atom is -0.494 e. The zero-order chi connectivity index (χ0) is 18.6. The fourth-order valence-electron chi connectivity index (χ4n) is 4.02. The number of aromatic nitrogens is 1. The third-order valence-electron chi connectivity index (χ3n) is 5.47. The summed E-state index contributed by atoms with van der Waals surface area (Å²) in [5.41, 5.74) is 1.94. The largest absolute Gasteiger partial charge is 0.494 e. The molecule has 2 fully saturated rings. The van der Waals surface area contributed by atoms with Gasteiger partial charge < -0.3 is 9.64 Å². The van der Waals surface area contributed by atoms with E-state index in [0.717, 1.165) is 41.5 Å². The Morgan fingerprint density at radius 3 is 2.74 bits per heavy atom. The van der Waals surface area contributed by atoms with Gasteiger partial charge in [-0.25, -0.2) is 4.98 Å². The topological polar surface area (TPSA) is 45.7 Å². The second kappa shape index (κ2) is 8.40. The summed E-state index contributed by atoms with van der Waals surface area (Å²) in [5, 5.41) is 2.97. The van der Waals surface area contributed by atoms with Crippen LogP contribution in [-0.4, -0.2) is 59.5 Å². The molecule has 6 heteroatoms. The molecule has 2 aliphatic heterocycles. The molecule has 0 radical (unpaired) electrons. The summed E-state index contributed by atoms with van der Waals surface area (Å²) in [6.07, 6.45) is 4.12. The van der Waals surface area contributed by atoms with Crippen molar-refractivity contribution in [2.24, 2.45) is 0 Å². The lowest BCUT2D eigenvalue weighted by Crippen LogP contribution is -2.37. The molecule has 2 saturated heterocycles. The first-order chi connectivity index (χ1) is 13.2. The molecule has 27 heavy (non-hydrogen) atoms. The van der Waals surface area contributed by atoms with Gasteiger partial charge in [0.1, 0.15) is 10.8 Å². The standard InChI is InChI=1S/C21H27N3O2S/c1-2-26-19-7-5-16(6-8-19)21-22-17(15-27-21)13-20(25)24-12-9-18(14-24)23-10-3-4-11-23/h5-8,15,18H,2-4,9-14H2,1H3/t18-/m0/s1. The van der Waals surface area contributed by atoms with Crippen molar-refractivity contribution >= 4 is 17.2 Å². The number of carbonyl (C=O) groups is 1. The van der Waals surface area contributed by atoms with Gasteiger partial charge in [0.15, 0.2) is 0 Å². The Hall–Kier alpha value is -1.92. The quantitative estimate of drug-likeness (QED) is 0.764. The van der Waals surface area contributed by atoms with Gasteiger partial charge in [0.25, 0.3) is 0 Å². The third-order valence-corrected chi connectivity index (χ3v) is 6.41. The normalized spacial score (nSPS) is 20.3. The van der Waals surface area contributed by atoms with Crippen LogP contribution in [0.15, 0.2) is 29.6 Å². The van der Waals surface area contributed by atoms with Gasteiger partial charge in [0.2, 0.25) is 5.91 Å². The van der Waals surface area contributed by atoms with Gasteiger partial charge in [-0.3, -0.25) is 9.69 Å². The predicted octanol–water partition coefficient (Wildman–Crippen LogP) is 3.45. The van der Waals surface area contributed by atoms with Crippen LogP contribution >= 0.6 is 11.3 Å². The maximum atomic E-state index is 12.7. The van der Waals surface area contributed by atoms with Gasteiger partial charge in [-0.1, -0.05) is 0 Å². The van der Waals surface area contributed by atoms with E-state index < -0.39 is 0 Å². The van der Waals surface area contributed by atoms with Crippen molar-refractivity contribution in [2.75, 3.05) is 32.8 Å². The van der Waals surface area contributed by atoms with Crippen molar-refractivity contribution in [1.82, 2.24) is 14.8 Å². The molecule has 0 unspecified atom stereocenters. The summed E-state index contributed by atoms with van der Waals surface area (Å²) in [6, 6.07) is 8.54. The van der Waals surface area contributed by atoms with E-state index in [2.05, 4.69) is 9.88 Å². The van der Waals surface area contributed by atoms with Crippen molar-refractivity contribution in [3.05, 3.63) is 35.3 Å². The Balaban J connectivity index is 1.34. The third kappa shape index (κ3) is 4.33. The number of amides is 1. The van der Waals surface area contributed by atoms with E-state index in [-0.39, 0.29) is 5.91 Å². The van der Waals surface area contributed by atoms with E-state index in [9.17, 15) is 4.79 Å². The van der Waals surface area contributed by atoms with Gasteiger partial charge in [0, 0.05) is 30.1 Å². The Morgan fingerprint density at radius 2 is 2.00 bits per heavy atom. The number of likely N-dealkylation sites (tertiary alicyclic amines) is 2. The summed E-state index contributed by atoms with van der Waals surface area (Å²) in [6.45, 7) is 6.81. The molecule has 2 aliphatic rings. The Kier molecular flexibility index (Phi) is 5.74. The summed E-state index contributed by atoms with van der Waals surface area (Å²) in [5.74, 6) is 1.08. The molecule has 0 bridgehead atoms. The number of ether oxygens (including phenoxy) is 1. The van der Waals surface area contributed by atoms with Crippen LogP contribution in [0.5, 0.6) is 5.75 Å². The van der Waals surface area contributed by atoms with Gasteiger partial charge in [-0.05, 0) is 63.5 Å². The Morgan fingerprint density at radius 1 is 1.22 bits per heavy atom. The highest BCUT2D eigenvalue weighted by Crippen LogP contribution is 2.27. The smallest absolute Gasteiger partial charge is 0.228 e. The molecule has 1 aromatic carbocycles. The van der Waals surface area contributed by atoms with Crippen LogP contribution in [-0.2, 0) is 11.2 Å². The number of thiazole rings is 1. The first-order valence-electron chi connectivity index (χ1n) is 9.92. The number of hydrogen-bond donors (Lipinski definition) is 0. The fourth-order valence-corrected chi connectivity index (χ4v) is 4.85. The lowest BCUT2D eigenvalue weighted by Gasteiger charge is -2.23. The zero-order valence-electron chi connectivity index (χ0n) is 15.9. The van der Waals surface area contributed by atoms with Crippen molar-refractivity contribution in [2.45, 2.75) is 38.6 Å². The SMILES string of the molecule is CCOc1ccc(-c2nc(CC(=O)N3CC[C@H](N4CCCC4)C3)cs2)cc1. The van der Waals surface area contributed by atoms with E-state index in [1.807, 2.05) is 41.5 Å². The van der Waals surface area contributed by atoms with E-state index in [0.29, 0.717) is 19.1 Å². The van der Waals surface area contributed by atoms with Crippen LogP contribution in [0.1, 0.15) is 31.9 Å². The van der Waals surface area contributed by atoms with Crippen LogP contribution in [0.2, 0.25) is 0 Å². The van der Waals surface area contributed by atoms with Crippen molar-refractivity contribution in [3.63, 3.8) is 0 Å². The lowest BCUT2D eigenvalue weighted by atomic mass is 10.2. The molecule has 0 N–H and O–H groups in total. The number of rotatable bonds is 6. The van der Waals surface area contributed by atoms with E-state index in [4.69, 9.17) is 4.74 Å². The van der Waals surface area contributed by atoms with E-state index >= 15 is 0 Å². The van der Waals surface area contributed by atoms with Gasteiger partial charge >= 0.3 is 0 Å². The number of benzene rings is 1. The Labute approximate surface area is 165 Å². The second-order valence-corrected chi connectivity index (χ2v) is 8.16. The molecule has 0 aliphatic carbocycles. The van der Waals surface area contributed by atoms with Crippen molar-refractivity contribution in [3.8, 4) is 16.3 Å². The summed E-state index contributed by atoms with van der Waals surface area (Å²) >= 11 is 1.60. The van der Waals surface area contributed by atoms with Crippen LogP contribution < -0.4 is 4.74 Å². The number of hydrogen-bond acceptors (Lipinski definition) is 5. The number of nitrogens with zero attached hydrogens (tertiary/aromatic N) is 3. The lowest BCUT2D eigenvalue weighted by molar-refractivity contribution is -0.129. The summed E-state index contributed by atoms with van der Waals surface area (Å²) < 4.78 is 5.49. The highest BCUT2D eigenvalue weighted by molar-refractivity contribution is 7.13. The van der Waals surface area contributed by atoms with E-state index in [1.54, 1.807) is 11.3 Å². The molecule has 0 spiro atoms. The highest BCUT2D eigenvalue weighted by atomic mass is 32.1. The van der Waals surface area contributed by atoms with Gasteiger partial charge in [-0.15, -0.1) is 11.3 Å². The first kappa shape index (κ1) is 18.4. The second-order valence-electron chi connectivity index (χ2n) is 7.30. The molecular weight excluding hydrogens is 358 g/mol. The summed E-state index contributed by atoms with van der Waals surface area (Å²) in [7, 11) is 0. The average Bonchev–Trinajstić information content (AvgIpc) is 3.43. The fraction of sp³-hybridized carbons (Fsp3) is 0.524. The molecule has 1 atom stereocenters. The van der Waals surface area contributed by atoms with Crippen LogP contribution in [0.4, 0.5) is 0 Å². The highest BCUT2D eigenvalue weighted by Gasteiger charge is 2.31. The molecule has 1 aromatic heterocycles. The molecule has 0 saturated carbocycles. The van der Waals surface area contributed by atoms with Gasteiger partial charge in [0.05, 0.1) is 18.7 Å². The molecule has 144 valence electrons. The van der Waals surface area contributed by atoms with E-state index in [1.165, 1.54) is 25.9 Å². The number of carbonyl (C=O) groups excluding carboxylic acids is 1. The maximum absolute atomic E-state index is 12.7. The maximum Gasteiger partial charge on any atom is 0.228 e. The molecule has 1 amide bonds. The van der Waals surface area contributed by atoms with Crippen molar-refractivity contribution < 1.29 is 9.53 Å². The van der Waals surface area contributed by atoms with Crippen LogP contribution in [0, 0.1) is 0 Å². The monoisotopic (exact) mass is 385 g/mol. The molecule has 2 aromatic rings. The predicted molar refractivity (Wildman–Crippen MR) is 108 cm³/mol. The van der Waals surface area contributed by atoms with Crippen molar-refractivity contribution in [1.29, 1.82) is 0 Å². The van der Waals surface area contributed by atoms with Gasteiger partial charge in [-0.2, -0.15) is 0 Å². The Bertz CT molecular complexity index is 768. The minimum atomic E-state index is 0.209.